The van der Waals surface area contributed by atoms with Crippen LogP contribution >= 0.6 is 0 Å². The molecule has 0 saturated heterocycles. The van der Waals surface area contributed by atoms with Crippen molar-refractivity contribution < 1.29 is 4.74 Å². The molecule has 1 aromatic rings. The molecule has 222 valence electrons. The molecule has 5 rings (SSSR count). The Balaban J connectivity index is 0.000000345. The monoisotopic (exact) mass is 538 g/mol. The molecule has 0 amide bonds. The van der Waals surface area contributed by atoms with Crippen molar-refractivity contribution in [2.24, 2.45) is 45.8 Å². The van der Waals surface area contributed by atoms with E-state index in [-0.39, 0.29) is 0 Å². The van der Waals surface area contributed by atoms with Gasteiger partial charge in [-0.05, 0) is 129 Å². The fourth-order valence-electron chi connectivity index (χ4n) is 9.32. The molecule has 0 bridgehead atoms. The highest BCUT2D eigenvalue weighted by molar-refractivity contribution is 5.22. The summed E-state index contributed by atoms with van der Waals surface area (Å²) in [6.45, 7) is 24.3. The number of pyridine rings is 1. The van der Waals surface area contributed by atoms with Gasteiger partial charge in [0, 0.05) is 12.8 Å². The van der Waals surface area contributed by atoms with Crippen LogP contribution in [0.2, 0.25) is 0 Å². The molecule has 3 nitrogen and oxygen atoms in total. The van der Waals surface area contributed by atoms with E-state index in [4.69, 9.17) is 10.00 Å². The van der Waals surface area contributed by atoms with Crippen LogP contribution in [0.3, 0.4) is 0 Å². The Hall–Kier alpha value is -1.40. The summed E-state index contributed by atoms with van der Waals surface area (Å²) in [5.74, 6) is 5.07. The molecule has 0 N–H and O–H groups in total. The first kappa shape index (κ1) is 33.8. The van der Waals surface area contributed by atoms with E-state index < -0.39 is 0 Å². The van der Waals surface area contributed by atoms with Crippen LogP contribution in [0.5, 0.6) is 0 Å². The van der Waals surface area contributed by atoms with Gasteiger partial charge in [-0.3, -0.25) is 0 Å². The van der Waals surface area contributed by atoms with E-state index >= 15 is 0 Å². The van der Waals surface area contributed by atoms with E-state index in [0.717, 1.165) is 48.4 Å². The summed E-state index contributed by atoms with van der Waals surface area (Å²) in [7, 11) is 0. The molecule has 4 saturated carbocycles. The van der Waals surface area contributed by atoms with E-state index in [0.29, 0.717) is 21.9 Å². The fourth-order valence-corrected chi connectivity index (χ4v) is 9.32. The van der Waals surface area contributed by atoms with Crippen molar-refractivity contribution in [3.8, 4) is 6.07 Å². The van der Waals surface area contributed by atoms with Gasteiger partial charge in [-0.15, -0.1) is 0 Å². The van der Waals surface area contributed by atoms with E-state index in [1.807, 2.05) is 46.8 Å². The third-order valence-electron chi connectivity index (χ3n) is 11.4. The molecule has 1 heterocycles. The highest BCUT2D eigenvalue weighted by atomic mass is 16.5. The number of nitrogens with zero attached hydrogens (tertiary/aromatic N) is 2. The number of hydrogen-bond acceptors (Lipinski definition) is 3. The molecule has 3 heteroatoms. The number of nitriles is 1. The fraction of sp³-hybridized carbons (Fsp3) is 0.833. The predicted molar refractivity (Wildman–Crippen MR) is 166 cm³/mol. The molecule has 4 aliphatic rings. The Kier molecular flexibility index (Phi) is 13.0. The second kappa shape index (κ2) is 15.0. The summed E-state index contributed by atoms with van der Waals surface area (Å²) in [4.78, 5) is 3.84. The highest BCUT2D eigenvalue weighted by Gasteiger charge is 2.60. The number of aryl methyl sites for hydroxylation is 1. The molecule has 39 heavy (non-hydrogen) atoms. The molecule has 1 aromatic heterocycles. The molecule has 0 aliphatic heterocycles. The zero-order valence-electron chi connectivity index (χ0n) is 27.4. The summed E-state index contributed by atoms with van der Waals surface area (Å²) in [5.41, 5.74) is 3.30. The number of aromatic nitrogens is 1. The topological polar surface area (TPSA) is 45.9 Å². The minimum Gasteiger partial charge on any atom is -0.381 e. The Labute approximate surface area is 242 Å². The molecule has 0 spiro atoms. The normalized spacial score (nSPS) is 38.0. The van der Waals surface area contributed by atoms with Crippen LogP contribution in [-0.4, -0.2) is 18.2 Å². The van der Waals surface area contributed by atoms with Crippen molar-refractivity contribution in [3.63, 3.8) is 0 Å². The molecule has 4 aliphatic carbocycles. The molecule has 0 radical (unpaired) electrons. The molecule has 4 fully saturated rings. The standard InChI is InChI=1S/C25H44O.C7H6N2.2C2H6/c1-6-18-9-11-21-20-10-8-19-16-23(3,17-26-7-2)14-15-25(19,5)22(20)12-13-24(18,21)4;1-6-2-3-7(4-8)9-5-6;2*1-2/h18-22H,6-17H2,1-5H3;2-3,5H,1H3;2*1-2H3. The molecule has 8 unspecified atom stereocenters. The van der Waals surface area contributed by atoms with Gasteiger partial charge in [-0.2, -0.15) is 5.26 Å². The molecule has 8 atom stereocenters. The van der Waals surface area contributed by atoms with E-state index in [1.54, 1.807) is 18.7 Å². The molecular weight excluding hydrogens is 476 g/mol. The first-order chi connectivity index (χ1) is 18.7. The molecular formula is C36H62N2O. The number of fused-ring (bicyclic) bond motifs is 5. The van der Waals surface area contributed by atoms with Crippen molar-refractivity contribution in [3.05, 3.63) is 29.6 Å². The molecule has 0 aromatic carbocycles. The lowest BCUT2D eigenvalue weighted by Gasteiger charge is -2.62. The largest absolute Gasteiger partial charge is 0.381 e. The first-order valence-corrected chi connectivity index (χ1v) is 16.6. The maximum Gasteiger partial charge on any atom is 0.140 e. The summed E-state index contributed by atoms with van der Waals surface area (Å²) >= 11 is 0. The second-order valence-corrected chi connectivity index (χ2v) is 13.4. The lowest BCUT2D eigenvalue weighted by atomic mass is 9.43. The van der Waals surface area contributed by atoms with Gasteiger partial charge < -0.3 is 4.74 Å². The zero-order chi connectivity index (χ0) is 29.3. The minimum absolute atomic E-state index is 0.441. The van der Waals surface area contributed by atoms with Crippen LogP contribution in [0.4, 0.5) is 0 Å². The lowest BCUT2D eigenvalue weighted by Crippen LogP contribution is -2.54. The smallest absolute Gasteiger partial charge is 0.140 e. The Bertz CT molecular complexity index is 890. The van der Waals surface area contributed by atoms with Gasteiger partial charge >= 0.3 is 0 Å². The van der Waals surface area contributed by atoms with Crippen molar-refractivity contribution in [1.29, 1.82) is 5.26 Å². The van der Waals surface area contributed by atoms with Crippen molar-refractivity contribution in [2.75, 3.05) is 13.2 Å². The van der Waals surface area contributed by atoms with Gasteiger partial charge in [0.25, 0.3) is 0 Å². The van der Waals surface area contributed by atoms with Crippen LogP contribution in [0.15, 0.2) is 18.3 Å². The SMILES string of the molecule is CC.CC.CCOCC1(C)CCC2(C)C(CCC3C4CCC(CC)C4(C)CCC32)C1.Cc1ccc(C#N)nc1. The van der Waals surface area contributed by atoms with E-state index in [2.05, 4.69) is 39.6 Å². The van der Waals surface area contributed by atoms with Gasteiger partial charge in [0.05, 0.1) is 6.61 Å². The van der Waals surface area contributed by atoms with Gasteiger partial charge in [0.2, 0.25) is 0 Å². The summed E-state index contributed by atoms with van der Waals surface area (Å²) < 4.78 is 5.89. The highest BCUT2D eigenvalue weighted by Crippen LogP contribution is 2.68. The predicted octanol–water partition coefficient (Wildman–Crippen LogP) is 10.4. The van der Waals surface area contributed by atoms with E-state index in [9.17, 15) is 0 Å². The van der Waals surface area contributed by atoms with Crippen LogP contribution in [-0.2, 0) is 4.74 Å². The van der Waals surface area contributed by atoms with Gasteiger partial charge in [-0.25, -0.2) is 4.98 Å². The summed E-state index contributed by atoms with van der Waals surface area (Å²) in [6.07, 6.45) is 16.5. The Morgan fingerprint density at radius 1 is 0.897 bits per heavy atom. The quantitative estimate of drug-likeness (QED) is 0.383. The van der Waals surface area contributed by atoms with Gasteiger partial charge in [0.15, 0.2) is 0 Å². The van der Waals surface area contributed by atoms with Crippen molar-refractivity contribution in [2.45, 2.75) is 133 Å². The van der Waals surface area contributed by atoms with Crippen molar-refractivity contribution >= 4 is 0 Å². The second-order valence-electron chi connectivity index (χ2n) is 13.4. The third kappa shape index (κ3) is 7.28. The Morgan fingerprint density at radius 2 is 1.59 bits per heavy atom. The van der Waals surface area contributed by atoms with Gasteiger partial charge in [-0.1, -0.05) is 67.9 Å². The Morgan fingerprint density at radius 3 is 2.18 bits per heavy atom. The lowest BCUT2D eigenvalue weighted by molar-refractivity contribution is -0.136. The maximum absolute atomic E-state index is 8.32. The van der Waals surface area contributed by atoms with E-state index in [1.165, 1.54) is 57.8 Å². The van der Waals surface area contributed by atoms with Gasteiger partial charge in [0.1, 0.15) is 11.8 Å². The average molecular weight is 539 g/mol. The zero-order valence-corrected chi connectivity index (χ0v) is 27.4. The number of rotatable bonds is 4. The maximum atomic E-state index is 8.32. The van der Waals surface area contributed by atoms with Crippen LogP contribution < -0.4 is 0 Å². The average Bonchev–Trinajstić information content (AvgIpc) is 3.32. The number of ether oxygens (including phenoxy) is 1. The van der Waals surface area contributed by atoms with Crippen molar-refractivity contribution in [1.82, 2.24) is 4.98 Å². The van der Waals surface area contributed by atoms with Crippen LogP contribution in [0, 0.1) is 64.1 Å². The first-order valence-electron chi connectivity index (χ1n) is 16.6. The minimum atomic E-state index is 0.441. The third-order valence-corrected chi connectivity index (χ3v) is 11.4. The van der Waals surface area contributed by atoms with Crippen LogP contribution in [0.1, 0.15) is 138 Å². The summed E-state index contributed by atoms with van der Waals surface area (Å²) in [6, 6.07) is 5.51. The summed E-state index contributed by atoms with van der Waals surface area (Å²) in [5, 5.41) is 8.32. The van der Waals surface area contributed by atoms with Crippen LogP contribution in [0.25, 0.3) is 0 Å². The number of hydrogen-bond donors (Lipinski definition) is 0.